The number of benzene rings is 2. The Balaban J connectivity index is 1.82. The lowest BCUT2D eigenvalue weighted by molar-refractivity contribution is -0.112. The topological polar surface area (TPSA) is 62.1 Å². The number of carbonyl (C=O) groups is 1. The fourth-order valence-corrected chi connectivity index (χ4v) is 2.99. The van der Waals surface area contributed by atoms with Crippen LogP contribution in [-0.2, 0) is 11.2 Å². The van der Waals surface area contributed by atoms with Crippen molar-refractivity contribution in [2.75, 3.05) is 5.32 Å². The van der Waals surface area contributed by atoms with Crippen LogP contribution in [0, 0.1) is 25.2 Å². The molecule has 4 nitrogen and oxygen atoms in total. The molecule has 1 heterocycles. The number of aryl methyl sites for hydroxylation is 2. The molecule has 0 radical (unpaired) electrons. The van der Waals surface area contributed by atoms with E-state index in [1.807, 2.05) is 63.2 Å². The zero-order chi connectivity index (χ0) is 18.0. The fourth-order valence-electron chi connectivity index (χ4n) is 2.99. The first-order valence-corrected chi connectivity index (χ1v) is 8.26. The molecule has 0 aromatic heterocycles. The van der Waals surface area contributed by atoms with E-state index in [0.717, 1.165) is 34.4 Å². The summed E-state index contributed by atoms with van der Waals surface area (Å²) in [6, 6.07) is 13.5. The van der Waals surface area contributed by atoms with Gasteiger partial charge in [0.15, 0.2) is 0 Å². The zero-order valence-corrected chi connectivity index (χ0v) is 14.6. The number of hydrogen-bond donors (Lipinski definition) is 1. The van der Waals surface area contributed by atoms with Crippen molar-refractivity contribution in [3.05, 3.63) is 64.2 Å². The Hall–Kier alpha value is -3.06. The molecule has 0 bridgehead atoms. The quantitative estimate of drug-likeness (QED) is 0.678. The predicted octanol–water partition coefficient (Wildman–Crippen LogP) is 4.17. The number of nitrogens with zero attached hydrogens (tertiary/aromatic N) is 1. The molecule has 1 amide bonds. The van der Waals surface area contributed by atoms with E-state index in [9.17, 15) is 10.1 Å². The van der Waals surface area contributed by atoms with Gasteiger partial charge in [0, 0.05) is 12.1 Å². The highest BCUT2D eigenvalue weighted by Crippen LogP contribution is 2.30. The number of fused-ring (bicyclic) bond motifs is 1. The average molecular weight is 332 g/mol. The van der Waals surface area contributed by atoms with E-state index in [0.29, 0.717) is 5.69 Å². The van der Waals surface area contributed by atoms with E-state index < -0.39 is 5.91 Å². The van der Waals surface area contributed by atoms with E-state index >= 15 is 0 Å². The molecule has 3 rings (SSSR count). The van der Waals surface area contributed by atoms with Crippen LogP contribution in [0.25, 0.3) is 6.08 Å². The van der Waals surface area contributed by atoms with Crippen molar-refractivity contribution in [3.8, 4) is 11.8 Å². The Morgan fingerprint density at radius 1 is 1.28 bits per heavy atom. The summed E-state index contributed by atoms with van der Waals surface area (Å²) in [5.74, 6) is 0.474. The maximum atomic E-state index is 12.4. The van der Waals surface area contributed by atoms with Crippen molar-refractivity contribution in [2.45, 2.75) is 33.3 Å². The first kappa shape index (κ1) is 16.8. The summed E-state index contributed by atoms with van der Waals surface area (Å²) < 4.78 is 5.68. The van der Waals surface area contributed by atoms with Gasteiger partial charge in [0.25, 0.3) is 5.91 Å². The normalized spacial score (nSPS) is 15.9. The molecule has 126 valence electrons. The van der Waals surface area contributed by atoms with Crippen molar-refractivity contribution in [1.29, 1.82) is 5.26 Å². The third-order valence-electron chi connectivity index (χ3n) is 4.23. The summed E-state index contributed by atoms with van der Waals surface area (Å²) in [5.41, 5.74) is 4.81. The van der Waals surface area contributed by atoms with E-state index in [2.05, 4.69) is 5.32 Å². The minimum atomic E-state index is -0.403. The zero-order valence-electron chi connectivity index (χ0n) is 14.6. The van der Waals surface area contributed by atoms with Crippen molar-refractivity contribution in [2.24, 2.45) is 0 Å². The molecule has 0 fully saturated rings. The van der Waals surface area contributed by atoms with Crippen molar-refractivity contribution >= 4 is 17.7 Å². The second-order valence-electron chi connectivity index (χ2n) is 6.44. The Bertz CT molecular complexity index is 907. The number of ether oxygens (including phenoxy) is 1. The first-order chi connectivity index (χ1) is 12.0. The highest BCUT2D eigenvalue weighted by Gasteiger charge is 2.19. The molecule has 4 heteroatoms. The molecule has 0 saturated carbocycles. The van der Waals surface area contributed by atoms with Crippen LogP contribution in [-0.4, -0.2) is 12.0 Å². The molecular weight excluding hydrogens is 312 g/mol. The summed E-state index contributed by atoms with van der Waals surface area (Å²) in [7, 11) is 0. The molecule has 2 aromatic carbocycles. The minimum Gasteiger partial charge on any atom is -0.490 e. The number of hydrogen-bond acceptors (Lipinski definition) is 3. The molecule has 1 N–H and O–H groups in total. The third kappa shape index (κ3) is 3.72. The monoisotopic (exact) mass is 332 g/mol. The van der Waals surface area contributed by atoms with E-state index in [4.69, 9.17) is 4.74 Å². The molecule has 0 saturated heterocycles. The van der Waals surface area contributed by atoms with E-state index in [1.54, 1.807) is 6.08 Å². The van der Waals surface area contributed by atoms with Crippen LogP contribution < -0.4 is 10.1 Å². The van der Waals surface area contributed by atoms with Gasteiger partial charge in [-0.15, -0.1) is 0 Å². The van der Waals surface area contributed by atoms with Gasteiger partial charge < -0.3 is 10.1 Å². The SMILES string of the molecule is Cc1ccc(NC(=O)/C(C#N)=C/c2ccc3c(c2)C[C@H](C)O3)c(C)c1. The van der Waals surface area contributed by atoms with Gasteiger partial charge >= 0.3 is 0 Å². The molecule has 25 heavy (non-hydrogen) atoms. The molecule has 0 aliphatic carbocycles. The number of anilines is 1. The maximum absolute atomic E-state index is 12.4. The summed E-state index contributed by atoms with van der Waals surface area (Å²) in [4.78, 5) is 12.4. The molecular formula is C21H20N2O2. The Kier molecular flexibility index (Phi) is 4.58. The van der Waals surface area contributed by atoms with Gasteiger partial charge in [-0.1, -0.05) is 23.8 Å². The molecule has 2 aromatic rings. The van der Waals surface area contributed by atoms with Crippen LogP contribution in [0.2, 0.25) is 0 Å². The van der Waals surface area contributed by atoms with Crippen molar-refractivity contribution in [3.63, 3.8) is 0 Å². The lowest BCUT2D eigenvalue weighted by Gasteiger charge is -2.08. The minimum absolute atomic E-state index is 0.0758. The smallest absolute Gasteiger partial charge is 0.266 e. The maximum Gasteiger partial charge on any atom is 0.266 e. The van der Waals surface area contributed by atoms with Crippen LogP contribution >= 0.6 is 0 Å². The number of amides is 1. The Labute approximate surface area is 147 Å². The molecule has 0 unspecified atom stereocenters. The number of rotatable bonds is 3. The van der Waals surface area contributed by atoms with E-state index in [-0.39, 0.29) is 11.7 Å². The highest BCUT2D eigenvalue weighted by atomic mass is 16.5. The van der Waals surface area contributed by atoms with Crippen LogP contribution in [0.15, 0.2) is 42.0 Å². The van der Waals surface area contributed by atoms with Gasteiger partial charge in [0.2, 0.25) is 0 Å². The van der Waals surface area contributed by atoms with Crippen LogP contribution in [0.1, 0.15) is 29.2 Å². The fraction of sp³-hybridized carbons (Fsp3) is 0.238. The van der Waals surface area contributed by atoms with Crippen LogP contribution in [0.3, 0.4) is 0 Å². The van der Waals surface area contributed by atoms with Crippen molar-refractivity contribution in [1.82, 2.24) is 0 Å². The molecule has 1 aliphatic heterocycles. The highest BCUT2D eigenvalue weighted by molar-refractivity contribution is 6.10. The van der Waals surface area contributed by atoms with Gasteiger partial charge in [-0.25, -0.2) is 0 Å². The van der Waals surface area contributed by atoms with E-state index in [1.165, 1.54) is 0 Å². The first-order valence-electron chi connectivity index (χ1n) is 8.26. The van der Waals surface area contributed by atoms with Gasteiger partial charge in [-0.3, -0.25) is 4.79 Å². The second kappa shape index (κ2) is 6.82. The van der Waals surface area contributed by atoms with Gasteiger partial charge in [-0.05, 0) is 61.7 Å². The van der Waals surface area contributed by atoms with Crippen molar-refractivity contribution < 1.29 is 9.53 Å². The second-order valence-corrected chi connectivity index (χ2v) is 6.44. The largest absolute Gasteiger partial charge is 0.490 e. The standard InChI is InChI=1S/C21H20N2O2/c1-13-4-6-19(14(2)8-13)23-21(24)18(12-22)11-16-5-7-20-17(10-16)9-15(3)25-20/h4-8,10-11,15H,9H2,1-3H3,(H,23,24)/b18-11+/t15-/m0/s1. The van der Waals surface area contributed by atoms with Gasteiger partial charge in [0.05, 0.1) is 0 Å². The van der Waals surface area contributed by atoms with Crippen LogP contribution in [0.4, 0.5) is 5.69 Å². The van der Waals surface area contributed by atoms with Gasteiger partial charge in [0.1, 0.15) is 23.5 Å². The number of nitriles is 1. The number of nitrogens with one attached hydrogen (secondary N) is 1. The molecule has 1 aliphatic rings. The van der Waals surface area contributed by atoms with Gasteiger partial charge in [-0.2, -0.15) is 5.26 Å². The Morgan fingerprint density at radius 3 is 2.80 bits per heavy atom. The molecule has 0 spiro atoms. The lowest BCUT2D eigenvalue weighted by Crippen LogP contribution is -2.14. The van der Waals surface area contributed by atoms with Crippen LogP contribution in [0.5, 0.6) is 5.75 Å². The average Bonchev–Trinajstić information content (AvgIpc) is 2.94. The lowest BCUT2D eigenvalue weighted by atomic mass is 10.0. The Morgan fingerprint density at radius 2 is 2.08 bits per heavy atom. The third-order valence-corrected chi connectivity index (χ3v) is 4.23. The summed E-state index contributed by atoms with van der Waals surface area (Å²) in [6.45, 7) is 5.95. The molecule has 1 atom stereocenters. The summed E-state index contributed by atoms with van der Waals surface area (Å²) in [6.07, 6.45) is 2.62. The predicted molar refractivity (Wildman–Crippen MR) is 98.4 cm³/mol. The number of carbonyl (C=O) groups excluding carboxylic acids is 1. The summed E-state index contributed by atoms with van der Waals surface area (Å²) in [5, 5.41) is 12.2. The summed E-state index contributed by atoms with van der Waals surface area (Å²) >= 11 is 0.